The van der Waals surface area contributed by atoms with E-state index in [1.807, 2.05) is 18.2 Å². The van der Waals surface area contributed by atoms with E-state index >= 15 is 0 Å². The van der Waals surface area contributed by atoms with Gasteiger partial charge in [-0.15, -0.1) is 0 Å². The summed E-state index contributed by atoms with van der Waals surface area (Å²) in [6.07, 6.45) is 3.30. The van der Waals surface area contributed by atoms with Crippen LogP contribution in [0.5, 0.6) is 5.75 Å². The highest BCUT2D eigenvalue weighted by atomic mass is 35.5. The number of Topliss-reactive ketones (excluding diaryl/α,β-unsaturated/α-hetero) is 1. The van der Waals surface area contributed by atoms with Crippen LogP contribution in [0.1, 0.15) is 25.7 Å². The molecule has 0 amide bonds. The first-order chi connectivity index (χ1) is 13.6. The molecule has 0 saturated heterocycles. The minimum absolute atomic E-state index is 0.196. The van der Waals surface area contributed by atoms with Crippen LogP contribution in [0.2, 0.25) is 5.02 Å². The summed E-state index contributed by atoms with van der Waals surface area (Å²) >= 11 is 7.46. The molecule has 7 heteroatoms. The second kappa shape index (κ2) is 7.97. The maximum atomic E-state index is 13.4. The molecule has 1 aliphatic rings. The van der Waals surface area contributed by atoms with Crippen LogP contribution in [0, 0.1) is 0 Å². The number of thioether (sulfide) groups is 1. The fourth-order valence-corrected chi connectivity index (χ4v) is 4.84. The molecule has 5 nitrogen and oxygen atoms in total. The minimum atomic E-state index is -0.211. The first-order valence-electron chi connectivity index (χ1n) is 9.13. The molecule has 2 aromatic carbocycles. The lowest BCUT2D eigenvalue weighted by Crippen LogP contribution is -2.26. The Labute approximate surface area is 171 Å². The predicted molar refractivity (Wildman–Crippen MR) is 112 cm³/mol. The number of hydrogen-bond donors (Lipinski definition) is 0. The van der Waals surface area contributed by atoms with Gasteiger partial charge in [-0.3, -0.25) is 14.2 Å². The average Bonchev–Trinajstić information content (AvgIpc) is 2.70. The van der Waals surface area contributed by atoms with Gasteiger partial charge in [0, 0.05) is 11.4 Å². The molecule has 1 saturated carbocycles. The number of aromatic nitrogens is 2. The van der Waals surface area contributed by atoms with Gasteiger partial charge in [0.1, 0.15) is 11.5 Å². The second-order valence-electron chi connectivity index (χ2n) is 6.69. The summed E-state index contributed by atoms with van der Waals surface area (Å²) in [4.78, 5) is 30.5. The number of hydrogen-bond acceptors (Lipinski definition) is 5. The van der Waals surface area contributed by atoms with E-state index in [9.17, 15) is 9.59 Å². The van der Waals surface area contributed by atoms with E-state index in [0.29, 0.717) is 38.9 Å². The molecule has 3 aromatic rings. The molecular formula is C21H19ClN2O3S. The lowest BCUT2D eigenvalue weighted by atomic mass is 9.99. The Morgan fingerprint density at radius 2 is 2.00 bits per heavy atom. The topological polar surface area (TPSA) is 61.2 Å². The Morgan fingerprint density at radius 3 is 2.79 bits per heavy atom. The largest absolute Gasteiger partial charge is 0.495 e. The number of rotatable bonds is 4. The number of ketones is 1. The minimum Gasteiger partial charge on any atom is -0.495 e. The number of para-hydroxylation sites is 2. The molecule has 1 atom stereocenters. The van der Waals surface area contributed by atoms with Crippen molar-refractivity contribution in [1.82, 2.24) is 9.55 Å². The van der Waals surface area contributed by atoms with Crippen molar-refractivity contribution in [2.24, 2.45) is 0 Å². The number of carbonyl (C=O) groups excluding carboxylic acids is 1. The van der Waals surface area contributed by atoms with Gasteiger partial charge in [0.15, 0.2) is 5.16 Å². The zero-order valence-corrected chi connectivity index (χ0v) is 16.9. The molecule has 1 fully saturated rings. The molecule has 0 spiro atoms. The Kier molecular flexibility index (Phi) is 5.42. The van der Waals surface area contributed by atoms with Crippen molar-refractivity contribution in [3.63, 3.8) is 0 Å². The number of carbonyl (C=O) groups is 1. The molecule has 0 bridgehead atoms. The lowest BCUT2D eigenvalue weighted by Gasteiger charge is -2.22. The highest BCUT2D eigenvalue weighted by Crippen LogP contribution is 2.34. The first kappa shape index (κ1) is 19.0. The standard InChI is InChI=1S/C21H19ClN2O3S/c1-27-18-8-4-2-6-16(18)24-20(26)14-11-10-13(22)12-15(14)23-21(24)28-19-9-5-3-7-17(19)25/h2,4,6,8,10-12,19H,3,5,7,9H2,1H3. The van der Waals surface area contributed by atoms with Crippen molar-refractivity contribution in [3.8, 4) is 11.4 Å². The van der Waals surface area contributed by atoms with Gasteiger partial charge in [-0.1, -0.05) is 41.9 Å². The van der Waals surface area contributed by atoms with E-state index in [1.165, 1.54) is 11.8 Å². The number of benzene rings is 2. The van der Waals surface area contributed by atoms with Crippen LogP contribution in [0.4, 0.5) is 0 Å². The van der Waals surface area contributed by atoms with Crippen molar-refractivity contribution in [2.75, 3.05) is 7.11 Å². The van der Waals surface area contributed by atoms with Crippen molar-refractivity contribution in [1.29, 1.82) is 0 Å². The quantitative estimate of drug-likeness (QED) is 0.581. The summed E-state index contributed by atoms with van der Waals surface area (Å²) in [6, 6.07) is 12.3. The summed E-state index contributed by atoms with van der Waals surface area (Å²) < 4.78 is 7.01. The third-order valence-corrected chi connectivity index (χ3v) is 6.38. The fraction of sp³-hybridized carbons (Fsp3) is 0.286. The molecule has 0 N–H and O–H groups in total. The molecule has 1 aromatic heterocycles. The fourth-order valence-electron chi connectivity index (χ4n) is 3.45. The number of fused-ring (bicyclic) bond motifs is 1. The maximum Gasteiger partial charge on any atom is 0.266 e. The molecule has 28 heavy (non-hydrogen) atoms. The van der Waals surface area contributed by atoms with Gasteiger partial charge >= 0.3 is 0 Å². The monoisotopic (exact) mass is 414 g/mol. The van der Waals surface area contributed by atoms with Gasteiger partial charge in [-0.2, -0.15) is 0 Å². The normalized spacial score (nSPS) is 17.1. The van der Waals surface area contributed by atoms with E-state index in [2.05, 4.69) is 0 Å². The van der Waals surface area contributed by atoms with Crippen LogP contribution < -0.4 is 10.3 Å². The third-order valence-electron chi connectivity index (χ3n) is 4.87. The number of nitrogens with zero attached hydrogens (tertiary/aromatic N) is 2. The molecule has 144 valence electrons. The molecule has 4 rings (SSSR count). The zero-order valence-electron chi connectivity index (χ0n) is 15.4. The SMILES string of the molecule is COc1ccccc1-n1c(SC2CCCCC2=O)nc2cc(Cl)ccc2c1=O. The predicted octanol–water partition coefficient (Wildman–Crippen LogP) is 4.65. The summed E-state index contributed by atoms with van der Waals surface area (Å²) in [5, 5.41) is 1.26. The number of ether oxygens (including phenoxy) is 1. The van der Waals surface area contributed by atoms with E-state index < -0.39 is 0 Å². The van der Waals surface area contributed by atoms with Crippen molar-refractivity contribution >= 4 is 40.0 Å². The highest BCUT2D eigenvalue weighted by Gasteiger charge is 2.26. The van der Waals surface area contributed by atoms with Crippen molar-refractivity contribution in [3.05, 3.63) is 57.8 Å². The maximum absolute atomic E-state index is 13.4. The Hall–Kier alpha value is -2.31. The van der Waals surface area contributed by atoms with Crippen LogP contribution in [-0.2, 0) is 4.79 Å². The van der Waals surface area contributed by atoms with Gasteiger partial charge in [0.2, 0.25) is 0 Å². The summed E-state index contributed by atoms with van der Waals surface area (Å²) in [7, 11) is 1.57. The zero-order chi connectivity index (χ0) is 19.7. The van der Waals surface area contributed by atoms with Gasteiger partial charge in [0.25, 0.3) is 5.56 Å². The second-order valence-corrected chi connectivity index (χ2v) is 8.29. The van der Waals surface area contributed by atoms with Gasteiger partial charge < -0.3 is 4.74 Å². The smallest absolute Gasteiger partial charge is 0.266 e. The Morgan fingerprint density at radius 1 is 1.18 bits per heavy atom. The summed E-state index contributed by atoms with van der Waals surface area (Å²) in [5.41, 5.74) is 0.913. The lowest BCUT2D eigenvalue weighted by molar-refractivity contribution is -0.119. The van der Waals surface area contributed by atoms with E-state index in [-0.39, 0.29) is 16.6 Å². The van der Waals surface area contributed by atoms with E-state index in [4.69, 9.17) is 21.3 Å². The van der Waals surface area contributed by atoms with Crippen LogP contribution in [0.15, 0.2) is 52.4 Å². The Balaban J connectivity index is 1.95. The molecule has 0 aliphatic heterocycles. The summed E-state index contributed by atoms with van der Waals surface area (Å²) in [5.74, 6) is 0.778. The molecular weight excluding hydrogens is 396 g/mol. The average molecular weight is 415 g/mol. The van der Waals surface area contributed by atoms with Crippen LogP contribution in [0.25, 0.3) is 16.6 Å². The van der Waals surface area contributed by atoms with Crippen LogP contribution >= 0.6 is 23.4 Å². The van der Waals surface area contributed by atoms with Gasteiger partial charge in [0.05, 0.1) is 29.0 Å². The first-order valence-corrected chi connectivity index (χ1v) is 10.4. The molecule has 0 radical (unpaired) electrons. The third kappa shape index (κ3) is 3.54. The summed E-state index contributed by atoms with van der Waals surface area (Å²) in [6.45, 7) is 0. The molecule has 1 unspecified atom stereocenters. The highest BCUT2D eigenvalue weighted by molar-refractivity contribution is 8.00. The van der Waals surface area contributed by atoms with Crippen LogP contribution in [0.3, 0.4) is 0 Å². The van der Waals surface area contributed by atoms with Crippen LogP contribution in [-0.4, -0.2) is 27.7 Å². The number of halogens is 1. The van der Waals surface area contributed by atoms with Crippen molar-refractivity contribution in [2.45, 2.75) is 36.1 Å². The number of methoxy groups -OCH3 is 1. The van der Waals surface area contributed by atoms with Gasteiger partial charge in [-0.05, 0) is 43.2 Å². The molecule has 1 heterocycles. The Bertz CT molecular complexity index is 1110. The van der Waals surface area contributed by atoms with Crippen molar-refractivity contribution < 1.29 is 9.53 Å². The van der Waals surface area contributed by atoms with Gasteiger partial charge in [-0.25, -0.2) is 4.98 Å². The van der Waals surface area contributed by atoms with E-state index in [1.54, 1.807) is 35.9 Å². The molecule has 1 aliphatic carbocycles. The van der Waals surface area contributed by atoms with E-state index in [0.717, 1.165) is 19.3 Å².